The number of carbonyl (C=O) groups is 1. The summed E-state index contributed by atoms with van der Waals surface area (Å²) in [5.74, 6) is 1.15. The van der Waals surface area contributed by atoms with Crippen molar-refractivity contribution in [3.63, 3.8) is 0 Å². The molecule has 0 fully saturated rings. The van der Waals surface area contributed by atoms with E-state index in [-0.39, 0.29) is 18.6 Å². The molecule has 0 saturated heterocycles. The predicted octanol–water partition coefficient (Wildman–Crippen LogP) is 1.96. The zero-order chi connectivity index (χ0) is 17.5. The molecule has 2 aromatic rings. The maximum absolute atomic E-state index is 12.3. The summed E-state index contributed by atoms with van der Waals surface area (Å²) in [6, 6.07) is 10.7. The van der Waals surface area contributed by atoms with Gasteiger partial charge in [-0.3, -0.25) is 9.69 Å². The third-order valence-electron chi connectivity index (χ3n) is 3.73. The molecule has 1 amide bonds. The van der Waals surface area contributed by atoms with Crippen LogP contribution < -0.4 is 10.1 Å². The minimum absolute atomic E-state index is 0.0473. The molecule has 0 radical (unpaired) electrons. The van der Waals surface area contributed by atoms with Crippen molar-refractivity contribution < 1.29 is 19.1 Å². The van der Waals surface area contributed by atoms with E-state index >= 15 is 0 Å². The Bertz CT molecular complexity index is 640. The molecule has 24 heavy (non-hydrogen) atoms. The molecule has 0 spiro atoms. The number of hydrogen-bond donors (Lipinski definition) is 2. The molecule has 2 rings (SSSR count). The van der Waals surface area contributed by atoms with Crippen LogP contribution in [-0.2, 0) is 11.4 Å². The van der Waals surface area contributed by atoms with Gasteiger partial charge in [-0.05, 0) is 50.8 Å². The Balaban J connectivity index is 1.91. The SMILES string of the molecule is CC(Oc1cccc(CO)c1)C(=O)NCC(c1ccco1)N(C)C. The molecular formula is C18H24N2O4. The number of benzene rings is 1. The van der Waals surface area contributed by atoms with E-state index < -0.39 is 6.10 Å². The van der Waals surface area contributed by atoms with Gasteiger partial charge in [0.25, 0.3) is 5.91 Å². The number of hydrogen-bond acceptors (Lipinski definition) is 5. The maximum Gasteiger partial charge on any atom is 0.260 e. The van der Waals surface area contributed by atoms with Crippen molar-refractivity contribution in [1.29, 1.82) is 0 Å². The smallest absolute Gasteiger partial charge is 0.260 e. The lowest BCUT2D eigenvalue weighted by Crippen LogP contribution is -2.40. The fraction of sp³-hybridized carbons (Fsp3) is 0.389. The number of aliphatic hydroxyl groups is 1. The number of carbonyl (C=O) groups excluding carboxylic acids is 1. The number of rotatable bonds is 8. The first-order valence-corrected chi connectivity index (χ1v) is 7.85. The second kappa shape index (κ2) is 8.52. The van der Waals surface area contributed by atoms with E-state index in [0.29, 0.717) is 12.3 Å². The highest BCUT2D eigenvalue weighted by atomic mass is 16.5. The second-order valence-corrected chi connectivity index (χ2v) is 5.81. The highest BCUT2D eigenvalue weighted by Crippen LogP contribution is 2.18. The molecule has 0 saturated carbocycles. The molecule has 0 aliphatic heterocycles. The number of amides is 1. The lowest BCUT2D eigenvalue weighted by Gasteiger charge is -2.23. The summed E-state index contributed by atoms with van der Waals surface area (Å²) in [5, 5.41) is 12.0. The third kappa shape index (κ3) is 4.84. The van der Waals surface area contributed by atoms with Crippen LogP contribution in [0.2, 0.25) is 0 Å². The van der Waals surface area contributed by atoms with E-state index in [2.05, 4.69) is 5.32 Å². The van der Waals surface area contributed by atoms with Gasteiger partial charge in [0, 0.05) is 6.54 Å². The minimum Gasteiger partial charge on any atom is -0.481 e. The van der Waals surface area contributed by atoms with Gasteiger partial charge in [0.15, 0.2) is 6.10 Å². The Kier molecular flexibility index (Phi) is 6.40. The van der Waals surface area contributed by atoms with Crippen LogP contribution >= 0.6 is 0 Å². The van der Waals surface area contributed by atoms with Crippen LogP contribution in [0.4, 0.5) is 0 Å². The fourth-order valence-corrected chi connectivity index (χ4v) is 2.33. The van der Waals surface area contributed by atoms with Crippen molar-refractivity contribution in [2.45, 2.75) is 25.7 Å². The quantitative estimate of drug-likeness (QED) is 0.773. The summed E-state index contributed by atoms with van der Waals surface area (Å²) >= 11 is 0. The first kappa shape index (κ1) is 18.0. The number of likely N-dealkylation sites (N-methyl/N-ethyl adjacent to an activating group) is 1. The van der Waals surface area contributed by atoms with Gasteiger partial charge >= 0.3 is 0 Å². The monoisotopic (exact) mass is 332 g/mol. The van der Waals surface area contributed by atoms with E-state index in [0.717, 1.165) is 11.3 Å². The molecular weight excluding hydrogens is 308 g/mol. The van der Waals surface area contributed by atoms with Gasteiger partial charge in [-0.1, -0.05) is 12.1 Å². The molecule has 2 N–H and O–H groups in total. The number of nitrogens with zero attached hydrogens (tertiary/aromatic N) is 1. The fourth-order valence-electron chi connectivity index (χ4n) is 2.33. The Morgan fingerprint density at radius 2 is 2.12 bits per heavy atom. The average Bonchev–Trinajstić information content (AvgIpc) is 3.08. The highest BCUT2D eigenvalue weighted by Gasteiger charge is 2.20. The predicted molar refractivity (Wildman–Crippen MR) is 90.6 cm³/mol. The van der Waals surface area contributed by atoms with Crippen molar-refractivity contribution in [2.75, 3.05) is 20.6 Å². The lowest BCUT2D eigenvalue weighted by molar-refractivity contribution is -0.127. The molecule has 0 aliphatic rings. The molecule has 0 aliphatic carbocycles. The largest absolute Gasteiger partial charge is 0.481 e. The first-order valence-electron chi connectivity index (χ1n) is 7.85. The van der Waals surface area contributed by atoms with E-state index in [4.69, 9.17) is 14.3 Å². The van der Waals surface area contributed by atoms with Crippen LogP contribution in [0.25, 0.3) is 0 Å². The van der Waals surface area contributed by atoms with Crippen LogP contribution in [0.15, 0.2) is 47.1 Å². The Labute approximate surface area is 142 Å². The van der Waals surface area contributed by atoms with Crippen molar-refractivity contribution in [3.05, 3.63) is 54.0 Å². The van der Waals surface area contributed by atoms with Crippen LogP contribution in [0.5, 0.6) is 5.75 Å². The molecule has 1 aromatic carbocycles. The topological polar surface area (TPSA) is 74.9 Å². The van der Waals surface area contributed by atoms with Crippen molar-refractivity contribution in [2.24, 2.45) is 0 Å². The van der Waals surface area contributed by atoms with Crippen LogP contribution in [-0.4, -0.2) is 42.7 Å². The average molecular weight is 332 g/mol. The van der Waals surface area contributed by atoms with Gasteiger partial charge in [-0.25, -0.2) is 0 Å². The van der Waals surface area contributed by atoms with Crippen molar-refractivity contribution >= 4 is 5.91 Å². The summed E-state index contributed by atoms with van der Waals surface area (Å²) in [6.07, 6.45) is 0.978. The van der Waals surface area contributed by atoms with Crippen LogP contribution in [0.1, 0.15) is 24.3 Å². The first-order chi connectivity index (χ1) is 11.5. The van der Waals surface area contributed by atoms with Gasteiger partial charge < -0.3 is 19.6 Å². The van der Waals surface area contributed by atoms with Gasteiger partial charge in [0.2, 0.25) is 0 Å². The van der Waals surface area contributed by atoms with Crippen molar-refractivity contribution in [1.82, 2.24) is 10.2 Å². The molecule has 6 nitrogen and oxygen atoms in total. The molecule has 1 heterocycles. The van der Waals surface area contributed by atoms with Gasteiger partial charge in [0.05, 0.1) is 18.9 Å². The zero-order valence-corrected chi connectivity index (χ0v) is 14.2. The summed E-state index contributed by atoms with van der Waals surface area (Å²) in [7, 11) is 3.86. The summed E-state index contributed by atoms with van der Waals surface area (Å²) < 4.78 is 11.1. The summed E-state index contributed by atoms with van der Waals surface area (Å²) in [5.41, 5.74) is 0.741. The maximum atomic E-state index is 12.3. The summed E-state index contributed by atoms with van der Waals surface area (Å²) in [6.45, 7) is 2.05. The second-order valence-electron chi connectivity index (χ2n) is 5.81. The molecule has 1 aromatic heterocycles. The Hall–Kier alpha value is -2.31. The van der Waals surface area contributed by atoms with Gasteiger partial charge in [-0.15, -0.1) is 0 Å². The lowest BCUT2D eigenvalue weighted by atomic mass is 10.2. The normalized spacial score (nSPS) is 13.5. The number of nitrogens with one attached hydrogen (secondary N) is 1. The van der Waals surface area contributed by atoms with Crippen LogP contribution in [0.3, 0.4) is 0 Å². The minimum atomic E-state index is -0.640. The van der Waals surface area contributed by atoms with E-state index in [1.165, 1.54) is 0 Å². The van der Waals surface area contributed by atoms with E-state index in [1.807, 2.05) is 31.1 Å². The van der Waals surface area contributed by atoms with Crippen LogP contribution in [0, 0.1) is 0 Å². The molecule has 6 heteroatoms. The third-order valence-corrected chi connectivity index (χ3v) is 3.73. The molecule has 2 atom stereocenters. The highest BCUT2D eigenvalue weighted by molar-refractivity contribution is 5.80. The Morgan fingerprint density at radius 3 is 2.75 bits per heavy atom. The van der Waals surface area contributed by atoms with E-state index in [9.17, 15) is 4.79 Å². The molecule has 0 bridgehead atoms. The standard InChI is InChI=1S/C18H24N2O4/c1-13(24-15-7-4-6-14(10-15)12-21)18(22)19-11-16(20(2)3)17-8-5-9-23-17/h4-10,13,16,21H,11-12H2,1-3H3,(H,19,22). The zero-order valence-electron chi connectivity index (χ0n) is 14.2. The molecule has 130 valence electrons. The van der Waals surface area contributed by atoms with Gasteiger partial charge in [0.1, 0.15) is 11.5 Å². The van der Waals surface area contributed by atoms with Crippen molar-refractivity contribution in [3.8, 4) is 5.75 Å². The van der Waals surface area contributed by atoms with E-state index in [1.54, 1.807) is 37.5 Å². The summed E-state index contributed by atoms with van der Waals surface area (Å²) in [4.78, 5) is 14.2. The molecule has 2 unspecified atom stereocenters. The Morgan fingerprint density at radius 1 is 1.33 bits per heavy atom. The number of aliphatic hydroxyl groups excluding tert-OH is 1. The van der Waals surface area contributed by atoms with Gasteiger partial charge in [-0.2, -0.15) is 0 Å². The number of ether oxygens (including phenoxy) is 1. The number of furan rings is 1.